The molecule has 9 rings (SSSR count). The van der Waals surface area contributed by atoms with E-state index in [9.17, 15) is 9.90 Å². The smallest absolute Gasteiger partial charge is 0.315 e. The zero-order valence-corrected chi connectivity index (χ0v) is 28.6. The molecule has 0 aromatic heterocycles. The lowest BCUT2D eigenvalue weighted by molar-refractivity contribution is -0.253. The molecule has 3 aromatic carbocycles. The van der Waals surface area contributed by atoms with Gasteiger partial charge in [0.2, 0.25) is 0 Å². The molecular weight excluding hydrogens is 612 g/mol. The molecule has 4 bridgehead atoms. The number of benzene rings is 3. The molecule has 260 valence electrons. The molecule has 3 N–H and O–H groups in total. The molecule has 8 nitrogen and oxygen atoms in total. The molecule has 3 aromatic rings. The van der Waals surface area contributed by atoms with E-state index in [4.69, 9.17) is 9.47 Å². The molecular formula is C41H52N4O4. The van der Waals surface area contributed by atoms with Crippen molar-refractivity contribution in [2.45, 2.75) is 88.7 Å². The van der Waals surface area contributed by atoms with Gasteiger partial charge in [0.05, 0.1) is 18.8 Å². The Morgan fingerprint density at radius 1 is 0.714 bits per heavy atom. The van der Waals surface area contributed by atoms with Gasteiger partial charge in [-0.15, -0.1) is 0 Å². The van der Waals surface area contributed by atoms with Gasteiger partial charge in [-0.2, -0.15) is 0 Å². The van der Waals surface area contributed by atoms with E-state index in [0.717, 1.165) is 105 Å². The highest BCUT2D eigenvalue weighted by atomic mass is 16.7. The maximum absolute atomic E-state index is 13.0. The van der Waals surface area contributed by atoms with Gasteiger partial charge >= 0.3 is 6.03 Å². The molecule has 8 heteroatoms. The van der Waals surface area contributed by atoms with Crippen LogP contribution in [0.3, 0.4) is 0 Å². The van der Waals surface area contributed by atoms with Crippen LogP contribution in [0.2, 0.25) is 0 Å². The van der Waals surface area contributed by atoms with Gasteiger partial charge < -0.3 is 25.2 Å². The Hall–Kier alpha value is -3.27. The topological polar surface area (TPSA) is 86.3 Å². The Morgan fingerprint density at radius 3 is 1.98 bits per heavy atom. The van der Waals surface area contributed by atoms with Crippen molar-refractivity contribution in [2.24, 2.45) is 17.8 Å². The summed E-state index contributed by atoms with van der Waals surface area (Å²) in [7, 11) is 0. The van der Waals surface area contributed by atoms with E-state index in [1.807, 2.05) is 12.1 Å². The third kappa shape index (κ3) is 7.89. The van der Waals surface area contributed by atoms with E-state index < -0.39 is 6.29 Å². The van der Waals surface area contributed by atoms with Crippen LogP contribution in [0.5, 0.6) is 0 Å². The second kappa shape index (κ2) is 14.5. The fraction of sp³-hybridized carbons (Fsp3) is 0.537. The van der Waals surface area contributed by atoms with E-state index in [0.29, 0.717) is 6.54 Å². The zero-order valence-electron chi connectivity index (χ0n) is 28.6. The van der Waals surface area contributed by atoms with Gasteiger partial charge in [0.15, 0.2) is 6.29 Å². The SMILES string of the molecule is O=C(NCc1ccc(C2OC(CN3CCN(Cc4ccccc4)CC3)CC(c3ccc(CO)cc3)O2)cc1)NC12CC3CC(CC(C3)C1)C2. The number of carbonyl (C=O) groups excluding carboxylic acids is 1. The van der Waals surface area contributed by atoms with Crippen molar-refractivity contribution in [2.75, 3.05) is 32.7 Å². The second-order valence-corrected chi connectivity index (χ2v) is 15.7. The first kappa shape index (κ1) is 32.9. The summed E-state index contributed by atoms with van der Waals surface area (Å²) in [5.41, 5.74) is 5.42. The van der Waals surface area contributed by atoms with Crippen LogP contribution in [0, 0.1) is 17.8 Å². The maximum atomic E-state index is 13.0. The lowest BCUT2D eigenvalue weighted by Gasteiger charge is -2.56. The van der Waals surface area contributed by atoms with Gasteiger partial charge in [0.1, 0.15) is 0 Å². The van der Waals surface area contributed by atoms with Crippen molar-refractivity contribution in [1.82, 2.24) is 20.4 Å². The highest BCUT2D eigenvalue weighted by molar-refractivity contribution is 5.75. The zero-order chi connectivity index (χ0) is 33.2. The average Bonchev–Trinajstić information content (AvgIpc) is 3.11. The molecule has 0 radical (unpaired) electrons. The van der Waals surface area contributed by atoms with E-state index >= 15 is 0 Å². The van der Waals surface area contributed by atoms with Crippen molar-refractivity contribution in [3.63, 3.8) is 0 Å². The number of urea groups is 1. The molecule has 6 aliphatic rings. The standard InChI is InChI=1S/C41H52N4O4/c46-28-31-8-10-35(11-9-31)38-21-37(27-45-16-14-44(15-17-45)26-30-4-2-1-3-5-30)48-39(49-38)36-12-6-29(7-13-36)25-42-40(47)43-41-22-32-18-33(23-41)20-34(19-32)24-41/h1-13,32-34,37-39,46H,14-28H2,(H2,42,43,47). The summed E-state index contributed by atoms with van der Waals surface area (Å²) in [6, 6.07) is 27.1. The first-order chi connectivity index (χ1) is 24.0. The number of aliphatic hydroxyl groups excluding tert-OH is 1. The number of rotatable bonds is 10. The number of ether oxygens (including phenoxy) is 2. The summed E-state index contributed by atoms with van der Waals surface area (Å²) in [6.07, 6.45) is 7.78. The highest BCUT2D eigenvalue weighted by Crippen LogP contribution is 2.55. The molecule has 6 fully saturated rings. The van der Waals surface area contributed by atoms with Gasteiger partial charge in [-0.1, -0.05) is 78.9 Å². The molecule has 2 amide bonds. The largest absolute Gasteiger partial charge is 0.392 e. The third-order valence-corrected chi connectivity index (χ3v) is 11.9. The number of nitrogens with zero attached hydrogens (tertiary/aromatic N) is 2. The van der Waals surface area contributed by atoms with Crippen molar-refractivity contribution >= 4 is 6.03 Å². The van der Waals surface area contributed by atoms with Crippen LogP contribution in [0.4, 0.5) is 4.79 Å². The van der Waals surface area contributed by atoms with Crippen molar-refractivity contribution in [3.05, 3.63) is 107 Å². The lowest BCUT2D eigenvalue weighted by atomic mass is 9.53. The van der Waals surface area contributed by atoms with Crippen molar-refractivity contribution < 1.29 is 19.4 Å². The van der Waals surface area contributed by atoms with E-state index in [2.05, 4.69) is 87.2 Å². The number of nitrogens with one attached hydrogen (secondary N) is 2. The first-order valence-electron chi connectivity index (χ1n) is 18.6. The van der Waals surface area contributed by atoms with E-state index in [1.54, 1.807) is 0 Å². The lowest BCUT2D eigenvalue weighted by Crippen LogP contribution is -2.61. The molecule has 49 heavy (non-hydrogen) atoms. The minimum atomic E-state index is -0.484. The summed E-state index contributed by atoms with van der Waals surface area (Å²) in [4.78, 5) is 18.1. The summed E-state index contributed by atoms with van der Waals surface area (Å²) < 4.78 is 13.3. The normalized spacial score (nSPS) is 31.4. The van der Waals surface area contributed by atoms with Crippen LogP contribution >= 0.6 is 0 Å². The summed E-state index contributed by atoms with van der Waals surface area (Å²) >= 11 is 0. The molecule has 2 aliphatic heterocycles. The van der Waals surface area contributed by atoms with Crippen molar-refractivity contribution in [3.8, 4) is 0 Å². The van der Waals surface area contributed by atoms with E-state index in [-0.39, 0.29) is 30.4 Å². The Morgan fingerprint density at radius 2 is 1.33 bits per heavy atom. The van der Waals surface area contributed by atoms with Crippen LogP contribution in [0.25, 0.3) is 0 Å². The summed E-state index contributed by atoms with van der Waals surface area (Å²) in [6.45, 7) is 6.51. The van der Waals surface area contributed by atoms with Gasteiger partial charge in [-0.3, -0.25) is 9.80 Å². The Bertz CT molecular complexity index is 1500. The summed E-state index contributed by atoms with van der Waals surface area (Å²) in [5.74, 6) is 2.41. The number of hydrogen-bond donors (Lipinski definition) is 3. The van der Waals surface area contributed by atoms with Crippen LogP contribution in [0.1, 0.15) is 85.2 Å². The molecule has 4 aliphatic carbocycles. The second-order valence-electron chi connectivity index (χ2n) is 15.7. The van der Waals surface area contributed by atoms with Crippen LogP contribution in [0.15, 0.2) is 78.9 Å². The predicted molar refractivity (Wildman–Crippen MR) is 189 cm³/mol. The molecule has 2 saturated heterocycles. The van der Waals surface area contributed by atoms with Crippen molar-refractivity contribution in [1.29, 1.82) is 0 Å². The number of aliphatic hydroxyl groups is 1. The Balaban J connectivity index is 0.881. The number of piperazine rings is 1. The van der Waals surface area contributed by atoms with Gasteiger partial charge in [0.25, 0.3) is 0 Å². The average molecular weight is 665 g/mol. The van der Waals surface area contributed by atoms with Gasteiger partial charge in [-0.25, -0.2) is 4.79 Å². The Kier molecular flexibility index (Phi) is 9.76. The third-order valence-electron chi connectivity index (χ3n) is 11.9. The quantitative estimate of drug-likeness (QED) is 0.236. The molecule has 2 heterocycles. The van der Waals surface area contributed by atoms with Crippen LogP contribution in [-0.2, 0) is 29.2 Å². The maximum Gasteiger partial charge on any atom is 0.315 e. The number of hydrogen-bond acceptors (Lipinski definition) is 6. The fourth-order valence-corrected chi connectivity index (χ4v) is 9.82. The monoisotopic (exact) mass is 664 g/mol. The molecule has 4 saturated carbocycles. The number of carbonyl (C=O) groups is 1. The van der Waals surface area contributed by atoms with Gasteiger partial charge in [0, 0.05) is 63.3 Å². The first-order valence-corrected chi connectivity index (χ1v) is 18.6. The fourth-order valence-electron chi connectivity index (χ4n) is 9.82. The molecule has 0 spiro atoms. The highest BCUT2D eigenvalue weighted by Gasteiger charge is 2.51. The summed E-state index contributed by atoms with van der Waals surface area (Å²) in [5, 5.41) is 16.1. The van der Waals surface area contributed by atoms with Gasteiger partial charge in [-0.05, 0) is 78.5 Å². The molecule has 3 atom stereocenters. The minimum absolute atomic E-state index is 0.0135. The molecule has 3 unspecified atom stereocenters. The van der Waals surface area contributed by atoms with Crippen LogP contribution in [-0.4, -0.2) is 65.3 Å². The predicted octanol–water partition coefficient (Wildman–Crippen LogP) is 6.31. The van der Waals surface area contributed by atoms with E-state index in [1.165, 1.54) is 24.8 Å². The minimum Gasteiger partial charge on any atom is -0.392 e. The number of amides is 2. The Labute approximate surface area is 291 Å². The van der Waals surface area contributed by atoms with Crippen LogP contribution < -0.4 is 10.6 Å².